The highest BCUT2D eigenvalue weighted by molar-refractivity contribution is 6.20. The molecule has 0 spiro atoms. The summed E-state index contributed by atoms with van der Waals surface area (Å²) in [5.74, 6) is -7.46. The molecule has 3 aromatic rings. The second-order valence-electron chi connectivity index (χ2n) is 28.3. The molecule has 7 fully saturated rings. The van der Waals surface area contributed by atoms with Gasteiger partial charge in [-0.25, -0.2) is 0 Å². The topological polar surface area (TPSA) is 466 Å². The van der Waals surface area contributed by atoms with Crippen LogP contribution in [0.1, 0.15) is 123 Å². The Morgan fingerprint density at radius 3 is 1.60 bits per heavy atom. The molecule has 0 unspecified atom stereocenters. The van der Waals surface area contributed by atoms with Gasteiger partial charge in [-0.1, -0.05) is 26.7 Å². The van der Waals surface area contributed by atoms with Crippen LogP contribution in [0, 0.1) is 22.3 Å². The van der Waals surface area contributed by atoms with Crippen LogP contribution in [0.5, 0.6) is 17.2 Å². The maximum Gasteiger partial charge on any atom is 0.233 e. The zero-order chi connectivity index (χ0) is 70.4. The molecule has 0 radical (unpaired) electrons. The van der Waals surface area contributed by atoms with Crippen LogP contribution in [0.2, 0.25) is 0 Å². The van der Waals surface area contributed by atoms with Gasteiger partial charge in [0, 0.05) is 42.6 Å². The van der Waals surface area contributed by atoms with Crippen molar-refractivity contribution in [2.75, 3.05) is 14.2 Å². The van der Waals surface area contributed by atoms with Crippen molar-refractivity contribution in [1.29, 1.82) is 0 Å². The first kappa shape index (κ1) is 69.4. The zero-order valence-electron chi connectivity index (χ0n) is 54.9. The second-order valence-corrected chi connectivity index (χ2v) is 28.3. The molecule has 14 N–H and O–H groups in total. The van der Waals surface area contributed by atoms with Crippen LogP contribution in [-0.2, 0) is 49.1 Å². The molecule has 5 aliphatic heterocycles. The van der Waals surface area contributed by atoms with E-state index in [0.717, 1.165) is 7.11 Å². The summed E-state index contributed by atoms with van der Waals surface area (Å²) < 4.78 is 75.0. The molecular formula is C68H84O30. The van der Waals surface area contributed by atoms with Crippen molar-refractivity contribution in [3.05, 3.63) is 79.0 Å². The van der Waals surface area contributed by atoms with Gasteiger partial charge in [-0.05, 0) is 71.4 Å². The van der Waals surface area contributed by atoms with Crippen LogP contribution < -0.4 is 41.6 Å². The summed E-state index contributed by atoms with van der Waals surface area (Å²) in [5.41, 5.74) is -18.3. The van der Waals surface area contributed by atoms with E-state index in [1.807, 2.05) is 0 Å². The lowest BCUT2D eigenvalue weighted by Crippen LogP contribution is -2.79. The third kappa shape index (κ3) is 9.51. The van der Waals surface area contributed by atoms with Gasteiger partial charge in [0.15, 0.2) is 59.0 Å². The highest BCUT2D eigenvalue weighted by Gasteiger charge is 2.80. The summed E-state index contributed by atoms with van der Waals surface area (Å²) >= 11 is 0. The van der Waals surface area contributed by atoms with E-state index in [4.69, 9.17) is 56.5 Å². The third-order valence-corrected chi connectivity index (χ3v) is 22.9. The Morgan fingerprint density at radius 2 is 1.05 bits per heavy atom. The first-order valence-corrected chi connectivity index (χ1v) is 33.6. The molecule has 5 saturated heterocycles. The lowest BCUT2D eigenvalue weighted by atomic mass is 9.56. The smallest absolute Gasteiger partial charge is 0.233 e. The molecule has 11 aliphatic rings. The van der Waals surface area contributed by atoms with Crippen molar-refractivity contribution in [2.45, 2.75) is 264 Å². The Bertz CT molecular complexity index is 4420. The highest BCUT2D eigenvalue weighted by Crippen LogP contribution is 2.66. The Morgan fingerprint density at radius 1 is 0.520 bits per heavy atom. The van der Waals surface area contributed by atoms with Crippen LogP contribution in [0.25, 0.3) is 44.2 Å². The molecule has 2 saturated carbocycles. The molecule has 6 aliphatic carbocycles. The molecule has 27 atom stereocenters. The summed E-state index contributed by atoms with van der Waals surface area (Å²) in [6.07, 6.45) is -30.3. The standard InChI is InChI=1S/C68H84O30/c1-9-15-65(84)63(95-32-13-11-28(69)21(3)89-32)52(80)55(93-34-19-30(71)45(73)23(5)91-34)27-18-25-17-26-37(47(75)36(25)61(82)67(27,65)85)56-43(59(88-8)54(26)87-7)41-48(76)38-39(51(79)58(41)97-56)49(77)40-42(50(38)78)62(83)68(86)44-57(40)98-66(68,16-10-2)64(96-33-14-12-29(70)22(4)90-33)53(81)60(44)94-35-20-31(72)46(74)24(6)92-35/h17,21-24,27-35,44-46,52-53,55,57,60,63-64,69-74,77,80-86H,9-16,18-20H2,1-8H3/t21-,22-,23+,24+,27-,28+,29+,30-,31-,32+,33+,34+,35+,44-,45+,46+,52-,53-,55+,57+,60+,63+,64+,65+,66+,67-,68-/m1/s1. The molecule has 2 aromatic carbocycles. The van der Waals surface area contributed by atoms with Gasteiger partial charge in [0.05, 0.1) is 124 Å². The number of fused-ring (bicyclic) bond motifs is 9. The Hall–Kier alpha value is -5.66. The number of benzene rings is 2. The minimum Gasteiger partial charge on any atom is -0.508 e. The zero-order valence-corrected chi connectivity index (χ0v) is 54.9. The molecule has 536 valence electrons. The normalized spacial score (nSPS) is 42.4. The molecule has 4 bridgehead atoms. The van der Waals surface area contributed by atoms with Crippen LogP contribution in [0.4, 0.5) is 0 Å². The van der Waals surface area contributed by atoms with Gasteiger partial charge in [0.1, 0.15) is 65.1 Å². The number of hydrogen-bond acceptors (Lipinski definition) is 30. The van der Waals surface area contributed by atoms with Gasteiger partial charge < -0.3 is 128 Å². The van der Waals surface area contributed by atoms with Crippen LogP contribution in [0.15, 0.2) is 29.7 Å². The molecule has 1 aromatic heterocycles. The van der Waals surface area contributed by atoms with Crippen LogP contribution in [-0.4, -0.2) is 231 Å². The maximum atomic E-state index is 16.0. The van der Waals surface area contributed by atoms with Gasteiger partial charge in [-0.3, -0.25) is 19.2 Å². The van der Waals surface area contributed by atoms with Crippen molar-refractivity contribution in [3.8, 4) is 17.2 Å². The molecule has 30 heteroatoms. The van der Waals surface area contributed by atoms with E-state index < -0.39 is 269 Å². The van der Waals surface area contributed by atoms with Gasteiger partial charge in [-0.15, -0.1) is 0 Å². The maximum absolute atomic E-state index is 16.0. The molecule has 30 nitrogen and oxygen atoms in total. The third-order valence-electron chi connectivity index (χ3n) is 22.9. The molecular weight excluding hydrogens is 1300 g/mol. The predicted molar refractivity (Wildman–Crippen MR) is 335 cm³/mol. The fraction of sp³-hybridized carbons (Fsp3) is 0.676. The van der Waals surface area contributed by atoms with E-state index in [-0.39, 0.29) is 80.2 Å². The summed E-state index contributed by atoms with van der Waals surface area (Å²) in [4.78, 5) is 63.1. The number of hydrogen-bond donors (Lipinski definition) is 14. The molecule has 6 heterocycles. The average molecular weight is 1380 g/mol. The van der Waals surface area contributed by atoms with E-state index in [9.17, 15) is 71.5 Å². The highest BCUT2D eigenvalue weighted by atomic mass is 16.7. The average Bonchev–Trinajstić information content (AvgIpc) is 1.45. The number of aliphatic hydroxyl groups excluding tert-OH is 10. The van der Waals surface area contributed by atoms with Crippen LogP contribution >= 0.6 is 0 Å². The van der Waals surface area contributed by atoms with Gasteiger partial charge >= 0.3 is 0 Å². The van der Waals surface area contributed by atoms with Gasteiger partial charge in [-0.2, -0.15) is 0 Å². The van der Waals surface area contributed by atoms with Crippen molar-refractivity contribution in [1.82, 2.24) is 0 Å². The SMILES string of the molecule is CCC[C@@]12O[C@H]3c4c(O)c5c(=O)c6oc7c(c(OC)c(OC)c8cc9c(c(=O)c87)=C(O)[C@]7(O)[C@H](C9)[C@H](O[C@H]8C[C@@H](O)[C@@H](O)[C@H](C)O8)[C@@H](O)[C@H](O[C@H]8CC[C@H](O)[C@@H](C)O8)[C@@]7(O)CCC)c6c(=O)c=5c(=O)c4=C(O)[C@]1(O)[C@H]3[C@H](O[C@H]1C[C@@H](O)[C@@H](O)[C@H](C)O1)[C@@H](O)[C@@H]2O[C@H]1CC[C@H](O)[C@@H](C)O1. The predicted octanol–water partition coefficient (Wildman–Crippen LogP) is -1.98. The minimum atomic E-state index is -3.02. The second kappa shape index (κ2) is 24.5. The van der Waals surface area contributed by atoms with Crippen molar-refractivity contribution >= 4 is 44.2 Å². The van der Waals surface area contributed by atoms with E-state index in [0.29, 0.717) is 0 Å². The summed E-state index contributed by atoms with van der Waals surface area (Å²) in [6, 6.07) is 1.36. The summed E-state index contributed by atoms with van der Waals surface area (Å²) in [5, 5.41) is 164. The van der Waals surface area contributed by atoms with Crippen molar-refractivity contribution in [3.63, 3.8) is 0 Å². The number of aliphatic hydroxyl groups is 13. The first-order chi connectivity index (χ1) is 46.4. The van der Waals surface area contributed by atoms with Crippen molar-refractivity contribution < 1.29 is 128 Å². The summed E-state index contributed by atoms with van der Waals surface area (Å²) in [6.45, 7) is 9.42. The van der Waals surface area contributed by atoms with E-state index in [1.165, 1.54) is 27.0 Å². The summed E-state index contributed by atoms with van der Waals surface area (Å²) in [7, 11) is 2.33. The number of methoxy groups -OCH3 is 2. The van der Waals surface area contributed by atoms with E-state index in [1.54, 1.807) is 27.7 Å². The van der Waals surface area contributed by atoms with Crippen LogP contribution in [0.3, 0.4) is 0 Å². The largest absolute Gasteiger partial charge is 0.508 e. The first-order valence-electron chi connectivity index (χ1n) is 33.6. The Labute approximate surface area is 556 Å². The Balaban J connectivity index is 0.982. The number of furan rings is 1. The fourth-order valence-electron chi connectivity index (χ4n) is 18.0. The fourth-order valence-corrected chi connectivity index (χ4v) is 18.0. The molecule has 14 rings (SSSR count). The lowest BCUT2D eigenvalue weighted by Gasteiger charge is -2.60. The number of rotatable bonds is 14. The molecule has 98 heavy (non-hydrogen) atoms. The number of aromatic hydroxyl groups is 1. The van der Waals surface area contributed by atoms with Crippen molar-refractivity contribution in [2.24, 2.45) is 11.8 Å². The van der Waals surface area contributed by atoms with Gasteiger partial charge in [0.2, 0.25) is 21.7 Å². The monoisotopic (exact) mass is 1380 g/mol. The quantitative estimate of drug-likeness (QED) is 0.0573. The number of ether oxygens (including phenoxy) is 11. The van der Waals surface area contributed by atoms with E-state index >= 15 is 19.2 Å². The Kier molecular flexibility index (Phi) is 17.4. The minimum absolute atomic E-state index is 0.0346. The van der Waals surface area contributed by atoms with E-state index in [2.05, 4.69) is 0 Å². The lowest BCUT2D eigenvalue weighted by molar-refractivity contribution is -0.357. The molecule has 0 amide bonds. The van der Waals surface area contributed by atoms with Gasteiger partial charge in [0.25, 0.3) is 0 Å².